The number of aliphatic imine (C=N–C) groups is 1. The van der Waals surface area contributed by atoms with Crippen LogP contribution in [-0.2, 0) is 12.7 Å². The van der Waals surface area contributed by atoms with Gasteiger partial charge in [0.05, 0.1) is 5.56 Å². The third-order valence-corrected chi connectivity index (χ3v) is 4.44. The molecule has 24 heavy (non-hydrogen) atoms. The fraction of sp³-hybridized carbons (Fsp3) is 0.588. The molecule has 1 saturated heterocycles. The lowest BCUT2D eigenvalue weighted by atomic mass is 10.1. The van der Waals surface area contributed by atoms with Gasteiger partial charge in [-0.25, -0.2) is 0 Å². The number of benzene rings is 1. The predicted molar refractivity (Wildman–Crippen MR) is 89.9 cm³/mol. The summed E-state index contributed by atoms with van der Waals surface area (Å²) in [5, 5.41) is 3.35. The maximum Gasteiger partial charge on any atom is 0.416 e. The van der Waals surface area contributed by atoms with Crippen LogP contribution in [0.3, 0.4) is 0 Å². The number of nitrogens with one attached hydrogen (secondary N) is 1. The van der Waals surface area contributed by atoms with Gasteiger partial charge in [0.15, 0.2) is 5.96 Å². The summed E-state index contributed by atoms with van der Waals surface area (Å²) >= 11 is 0. The van der Waals surface area contributed by atoms with E-state index in [0.29, 0.717) is 12.6 Å². The van der Waals surface area contributed by atoms with Crippen molar-refractivity contribution >= 4 is 5.96 Å². The average Bonchev–Trinajstić information content (AvgIpc) is 2.93. The molecule has 1 atom stereocenters. The summed E-state index contributed by atoms with van der Waals surface area (Å²) in [6.45, 7) is 2.44. The van der Waals surface area contributed by atoms with E-state index < -0.39 is 11.7 Å². The molecule has 0 spiro atoms. The Kier molecular flexibility index (Phi) is 6.10. The largest absolute Gasteiger partial charge is 0.416 e. The van der Waals surface area contributed by atoms with Gasteiger partial charge in [-0.3, -0.25) is 4.99 Å². The van der Waals surface area contributed by atoms with Crippen LogP contribution in [0.5, 0.6) is 0 Å². The van der Waals surface area contributed by atoms with E-state index in [0.717, 1.165) is 36.7 Å². The molecule has 1 aromatic carbocycles. The van der Waals surface area contributed by atoms with Crippen LogP contribution in [0, 0.1) is 0 Å². The molecule has 1 aliphatic rings. The monoisotopic (exact) mass is 342 g/mol. The highest BCUT2D eigenvalue weighted by Gasteiger charge is 2.30. The number of rotatable bonds is 4. The summed E-state index contributed by atoms with van der Waals surface area (Å²) in [6, 6.07) is 5.76. The zero-order valence-corrected chi connectivity index (χ0v) is 14.4. The summed E-state index contributed by atoms with van der Waals surface area (Å²) in [4.78, 5) is 8.50. The minimum Gasteiger partial charge on any atom is -0.355 e. The molecule has 1 aliphatic heterocycles. The smallest absolute Gasteiger partial charge is 0.355 e. The molecule has 0 amide bonds. The summed E-state index contributed by atoms with van der Waals surface area (Å²) in [7, 11) is 5.71. The molecular weight excluding hydrogens is 317 g/mol. The summed E-state index contributed by atoms with van der Waals surface area (Å²) in [5.74, 6) is 0.746. The van der Waals surface area contributed by atoms with Crippen LogP contribution in [0.1, 0.15) is 24.0 Å². The minimum absolute atomic E-state index is 0.498. The molecule has 1 heterocycles. The fourth-order valence-corrected chi connectivity index (χ4v) is 2.98. The molecule has 0 aromatic heterocycles. The molecule has 0 radical (unpaired) electrons. The van der Waals surface area contributed by atoms with Gasteiger partial charge in [0, 0.05) is 33.2 Å². The number of nitrogens with zero attached hydrogens (tertiary/aromatic N) is 3. The Hall–Kier alpha value is -1.76. The Bertz CT molecular complexity index is 554. The second kappa shape index (κ2) is 7.88. The van der Waals surface area contributed by atoms with Crippen molar-refractivity contribution < 1.29 is 13.2 Å². The first-order chi connectivity index (χ1) is 11.3. The van der Waals surface area contributed by atoms with Crippen molar-refractivity contribution in [2.45, 2.75) is 31.6 Å². The maximum absolute atomic E-state index is 12.6. The van der Waals surface area contributed by atoms with Gasteiger partial charge in [-0.05, 0) is 44.1 Å². The third kappa shape index (κ3) is 4.87. The van der Waals surface area contributed by atoms with Crippen molar-refractivity contribution in [3.63, 3.8) is 0 Å². The van der Waals surface area contributed by atoms with Crippen LogP contribution < -0.4 is 5.32 Å². The number of likely N-dealkylation sites (tertiary alicyclic amines) is 1. The second-order valence-corrected chi connectivity index (χ2v) is 6.26. The topological polar surface area (TPSA) is 30.9 Å². The average molecular weight is 342 g/mol. The second-order valence-electron chi connectivity index (χ2n) is 6.26. The number of hydrogen-bond donors (Lipinski definition) is 1. The Morgan fingerprint density at radius 2 is 2.00 bits per heavy atom. The van der Waals surface area contributed by atoms with E-state index >= 15 is 0 Å². The Labute approximate surface area is 141 Å². The first-order valence-corrected chi connectivity index (χ1v) is 8.09. The SMILES string of the molecule is CN=C(NCC1CCCN1C)N(C)Cc1ccc(C(F)(F)F)cc1. The van der Waals surface area contributed by atoms with Gasteiger partial charge >= 0.3 is 6.18 Å². The third-order valence-electron chi connectivity index (χ3n) is 4.44. The van der Waals surface area contributed by atoms with Gasteiger partial charge in [0.25, 0.3) is 0 Å². The number of halogens is 3. The van der Waals surface area contributed by atoms with Crippen molar-refractivity contribution in [1.82, 2.24) is 15.1 Å². The highest BCUT2D eigenvalue weighted by molar-refractivity contribution is 5.79. The molecule has 7 heteroatoms. The highest BCUT2D eigenvalue weighted by Crippen LogP contribution is 2.29. The molecule has 134 valence electrons. The Morgan fingerprint density at radius 1 is 1.33 bits per heavy atom. The summed E-state index contributed by atoms with van der Waals surface area (Å²) in [6.07, 6.45) is -1.92. The molecule has 0 saturated carbocycles. The highest BCUT2D eigenvalue weighted by atomic mass is 19.4. The van der Waals surface area contributed by atoms with Gasteiger partial charge in [0.2, 0.25) is 0 Å². The molecule has 4 nitrogen and oxygen atoms in total. The van der Waals surface area contributed by atoms with Crippen molar-refractivity contribution in [2.24, 2.45) is 4.99 Å². The van der Waals surface area contributed by atoms with Gasteiger partial charge in [-0.15, -0.1) is 0 Å². The Balaban J connectivity index is 1.90. The molecular formula is C17H25F3N4. The van der Waals surface area contributed by atoms with Crippen molar-refractivity contribution in [3.8, 4) is 0 Å². The van der Waals surface area contributed by atoms with Crippen molar-refractivity contribution in [2.75, 3.05) is 34.2 Å². The van der Waals surface area contributed by atoms with Crippen LogP contribution in [-0.4, -0.2) is 56.0 Å². The quantitative estimate of drug-likeness (QED) is 0.674. The summed E-state index contributed by atoms with van der Waals surface area (Å²) in [5.41, 5.74) is 0.187. The standard InChI is InChI=1S/C17H25F3N4/c1-21-16(22-11-15-5-4-10-23(15)2)24(3)12-13-6-8-14(9-7-13)17(18,19)20/h6-9,15H,4-5,10-12H2,1-3H3,(H,21,22). The number of guanidine groups is 1. The van der Waals surface area contributed by atoms with Crippen LogP contribution in [0.2, 0.25) is 0 Å². The van der Waals surface area contributed by atoms with Gasteiger partial charge in [-0.1, -0.05) is 12.1 Å². The number of alkyl halides is 3. The van der Waals surface area contributed by atoms with Crippen LogP contribution >= 0.6 is 0 Å². The Morgan fingerprint density at radius 3 is 2.50 bits per heavy atom. The first kappa shape index (κ1) is 18.6. The van der Waals surface area contributed by atoms with E-state index in [4.69, 9.17) is 0 Å². The van der Waals surface area contributed by atoms with E-state index in [1.165, 1.54) is 25.0 Å². The van der Waals surface area contributed by atoms with E-state index in [1.807, 2.05) is 11.9 Å². The lowest BCUT2D eigenvalue weighted by Crippen LogP contribution is -2.44. The van der Waals surface area contributed by atoms with Crippen LogP contribution in [0.15, 0.2) is 29.3 Å². The number of likely N-dealkylation sites (N-methyl/N-ethyl adjacent to an activating group) is 1. The molecule has 1 aromatic rings. The summed E-state index contributed by atoms with van der Waals surface area (Å²) < 4.78 is 37.8. The molecule has 2 rings (SSSR count). The molecule has 0 bridgehead atoms. The van der Waals surface area contributed by atoms with Crippen molar-refractivity contribution in [1.29, 1.82) is 0 Å². The first-order valence-electron chi connectivity index (χ1n) is 8.09. The van der Waals surface area contributed by atoms with E-state index in [-0.39, 0.29) is 0 Å². The van der Waals surface area contributed by atoms with Crippen LogP contribution in [0.25, 0.3) is 0 Å². The van der Waals surface area contributed by atoms with Crippen molar-refractivity contribution in [3.05, 3.63) is 35.4 Å². The van der Waals surface area contributed by atoms with E-state index in [9.17, 15) is 13.2 Å². The lowest BCUT2D eigenvalue weighted by molar-refractivity contribution is -0.137. The van der Waals surface area contributed by atoms with E-state index in [2.05, 4.69) is 22.3 Å². The number of hydrogen-bond acceptors (Lipinski definition) is 2. The van der Waals surface area contributed by atoms with Gasteiger partial charge in [-0.2, -0.15) is 13.2 Å². The molecule has 1 unspecified atom stereocenters. The van der Waals surface area contributed by atoms with Gasteiger partial charge in [0.1, 0.15) is 0 Å². The van der Waals surface area contributed by atoms with Crippen LogP contribution in [0.4, 0.5) is 13.2 Å². The van der Waals surface area contributed by atoms with E-state index in [1.54, 1.807) is 7.05 Å². The fourth-order valence-electron chi connectivity index (χ4n) is 2.98. The molecule has 1 N–H and O–H groups in total. The lowest BCUT2D eigenvalue weighted by Gasteiger charge is -2.26. The zero-order valence-electron chi connectivity index (χ0n) is 14.4. The zero-order chi connectivity index (χ0) is 17.7. The minimum atomic E-state index is -4.30. The van der Waals surface area contributed by atoms with Gasteiger partial charge < -0.3 is 15.1 Å². The maximum atomic E-state index is 12.6. The normalized spacial score (nSPS) is 19.6. The predicted octanol–water partition coefficient (Wildman–Crippen LogP) is 2.81. The molecule has 1 fully saturated rings. The molecule has 0 aliphatic carbocycles.